The number of aliphatic carboxylic acids is 1. The van der Waals surface area contributed by atoms with Crippen molar-refractivity contribution in [3.05, 3.63) is 29.8 Å². The first-order valence-electron chi connectivity index (χ1n) is 6.17. The van der Waals surface area contributed by atoms with E-state index in [1.54, 1.807) is 0 Å². The Kier molecular flexibility index (Phi) is 7.34. The molecule has 0 heterocycles. The monoisotopic (exact) mass is 268 g/mol. The van der Waals surface area contributed by atoms with Crippen LogP contribution in [0.2, 0.25) is 0 Å². The molecule has 0 radical (unpaired) electrons. The molecule has 0 amide bonds. The Morgan fingerprint density at radius 2 is 1.94 bits per heavy atom. The summed E-state index contributed by atoms with van der Waals surface area (Å²) in [6.45, 7) is 2.75. The van der Waals surface area contributed by atoms with Crippen LogP contribution in [-0.2, 0) is 4.79 Å². The topological polar surface area (TPSA) is 46.5 Å². The quantitative estimate of drug-likeness (QED) is 0.698. The zero-order valence-corrected chi connectivity index (χ0v) is 11.5. The third-order valence-corrected chi connectivity index (χ3v) is 3.48. The van der Waals surface area contributed by atoms with E-state index in [2.05, 4.69) is 6.92 Å². The SMILES string of the molecule is Cc1ccc(OCCSCCCCC(=O)O)cc1. The number of carboxylic acids is 1. The third-order valence-electron chi connectivity index (χ3n) is 2.45. The minimum absolute atomic E-state index is 0.278. The highest BCUT2D eigenvalue weighted by Gasteiger charge is 1.97. The van der Waals surface area contributed by atoms with E-state index in [4.69, 9.17) is 9.84 Å². The third kappa shape index (κ3) is 7.22. The first kappa shape index (κ1) is 14.9. The summed E-state index contributed by atoms with van der Waals surface area (Å²) in [6.07, 6.45) is 2.00. The lowest BCUT2D eigenvalue weighted by Crippen LogP contribution is -2.01. The Balaban J connectivity index is 1.95. The van der Waals surface area contributed by atoms with E-state index in [1.165, 1.54) is 5.56 Å². The molecule has 4 heteroatoms. The molecular formula is C14H20O3S. The molecule has 100 valence electrons. The molecule has 1 aromatic rings. The fourth-order valence-corrected chi connectivity index (χ4v) is 2.25. The van der Waals surface area contributed by atoms with Gasteiger partial charge in [0.05, 0.1) is 6.61 Å². The normalized spacial score (nSPS) is 10.3. The maximum absolute atomic E-state index is 10.3. The Bertz CT molecular complexity index is 349. The lowest BCUT2D eigenvalue weighted by molar-refractivity contribution is -0.137. The van der Waals surface area contributed by atoms with Gasteiger partial charge in [0.25, 0.3) is 0 Å². The van der Waals surface area contributed by atoms with Gasteiger partial charge in [0.15, 0.2) is 0 Å². The Morgan fingerprint density at radius 1 is 1.22 bits per heavy atom. The molecule has 0 atom stereocenters. The number of hydrogen-bond donors (Lipinski definition) is 1. The fourth-order valence-electron chi connectivity index (χ4n) is 1.44. The summed E-state index contributed by atoms with van der Waals surface area (Å²) < 4.78 is 5.59. The van der Waals surface area contributed by atoms with Crippen LogP contribution in [0.4, 0.5) is 0 Å². The van der Waals surface area contributed by atoms with Crippen LogP contribution in [0.1, 0.15) is 24.8 Å². The molecule has 3 nitrogen and oxygen atoms in total. The molecule has 0 aliphatic heterocycles. The molecule has 0 spiro atoms. The van der Waals surface area contributed by atoms with Gasteiger partial charge >= 0.3 is 5.97 Å². The van der Waals surface area contributed by atoms with E-state index >= 15 is 0 Å². The van der Waals surface area contributed by atoms with Crippen LogP contribution in [0, 0.1) is 6.92 Å². The van der Waals surface area contributed by atoms with Crippen molar-refractivity contribution in [3.8, 4) is 5.75 Å². The summed E-state index contributed by atoms with van der Waals surface area (Å²) in [6, 6.07) is 8.03. The number of ether oxygens (including phenoxy) is 1. The molecule has 0 saturated heterocycles. The lowest BCUT2D eigenvalue weighted by atomic mass is 10.2. The minimum atomic E-state index is -0.706. The molecule has 18 heavy (non-hydrogen) atoms. The van der Waals surface area contributed by atoms with Crippen LogP contribution >= 0.6 is 11.8 Å². The maximum atomic E-state index is 10.3. The summed E-state index contributed by atoms with van der Waals surface area (Å²) >= 11 is 1.81. The second-order valence-electron chi connectivity index (χ2n) is 4.12. The van der Waals surface area contributed by atoms with Crippen molar-refractivity contribution in [2.75, 3.05) is 18.1 Å². The number of unbranched alkanes of at least 4 members (excludes halogenated alkanes) is 1. The van der Waals surface area contributed by atoms with Gasteiger partial charge in [0.1, 0.15) is 5.75 Å². The van der Waals surface area contributed by atoms with Crippen molar-refractivity contribution in [2.24, 2.45) is 0 Å². The first-order chi connectivity index (χ1) is 8.68. The van der Waals surface area contributed by atoms with Crippen molar-refractivity contribution in [2.45, 2.75) is 26.2 Å². The van der Waals surface area contributed by atoms with E-state index < -0.39 is 5.97 Å². The Hall–Kier alpha value is -1.16. The fraction of sp³-hybridized carbons (Fsp3) is 0.500. The molecule has 1 rings (SSSR count). The van der Waals surface area contributed by atoms with E-state index in [-0.39, 0.29) is 6.42 Å². The van der Waals surface area contributed by atoms with E-state index in [1.807, 2.05) is 36.0 Å². The molecule has 1 N–H and O–H groups in total. The molecule has 0 unspecified atom stereocenters. The predicted octanol–water partition coefficient (Wildman–Crippen LogP) is 3.36. The molecule has 1 aromatic carbocycles. The number of rotatable bonds is 9. The second kappa shape index (κ2) is 8.86. The molecule has 0 aromatic heterocycles. The highest BCUT2D eigenvalue weighted by atomic mass is 32.2. The molecule has 0 aliphatic rings. The maximum Gasteiger partial charge on any atom is 0.303 e. The molecular weight excluding hydrogens is 248 g/mol. The van der Waals surface area contributed by atoms with Gasteiger partial charge in [-0.15, -0.1) is 0 Å². The van der Waals surface area contributed by atoms with Gasteiger partial charge < -0.3 is 9.84 Å². The average molecular weight is 268 g/mol. The van der Waals surface area contributed by atoms with Gasteiger partial charge in [-0.1, -0.05) is 17.7 Å². The number of hydrogen-bond acceptors (Lipinski definition) is 3. The zero-order valence-electron chi connectivity index (χ0n) is 10.7. The van der Waals surface area contributed by atoms with Gasteiger partial charge in [0, 0.05) is 12.2 Å². The molecule has 0 saturated carbocycles. The van der Waals surface area contributed by atoms with Crippen molar-refractivity contribution in [3.63, 3.8) is 0 Å². The summed E-state index contributed by atoms with van der Waals surface area (Å²) in [5.41, 5.74) is 1.23. The van der Waals surface area contributed by atoms with Crippen LogP contribution < -0.4 is 4.74 Å². The first-order valence-corrected chi connectivity index (χ1v) is 7.33. The number of aryl methyl sites for hydroxylation is 1. The number of thioether (sulfide) groups is 1. The van der Waals surface area contributed by atoms with E-state index in [9.17, 15) is 4.79 Å². The Morgan fingerprint density at radius 3 is 2.61 bits per heavy atom. The number of benzene rings is 1. The second-order valence-corrected chi connectivity index (χ2v) is 5.35. The van der Waals surface area contributed by atoms with Crippen molar-refractivity contribution in [1.29, 1.82) is 0 Å². The van der Waals surface area contributed by atoms with Crippen molar-refractivity contribution >= 4 is 17.7 Å². The van der Waals surface area contributed by atoms with Crippen molar-refractivity contribution < 1.29 is 14.6 Å². The number of carbonyl (C=O) groups is 1. The summed E-state index contributed by atoms with van der Waals surface area (Å²) in [7, 11) is 0. The van der Waals surface area contributed by atoms with Gasteiger partial charge in [-0.25, -0.2) is 0 Å². The lowest BCUT2D eigenvalue weighted by Gasteiger charge is -2.06. The standard InChI is InChI=1S/C14H20O3S/c1-12-5-7-13(8-6-12)17-9-11-18-10-3-2-4-14(15)16/h5-8H,2-4,9-11H2,1H3,(H,15,16). The highest BCUT2D eigenvalue weighted by molar-refractivity contribution is 7.99. The summed E-state index contributed by atoms with van der Waals surface area (Å²) in [4.78, 5) is 10.3. The van der Waals surface area contributed by atoms with Crippen LogP contribution in [0.5, 0.6) is 5.75 Å². The molecule has 0 aliphatic carbocycles. The summed E-state index contributed by atoms with van der Waals surface area (Å²) in [5.74, 6) is 2.15. The van der Waals surface area contributed by atoms with Crippen LogP contribution in [0.25, 0.3) is 0 Å². The van der Waals surface area contributed by atoms with Crippen LogP contribution in [0.15, 0.2) is 24.3 Å². The minimum Gasteiger partial charge on any atom is -0.493 e. The van der Waals surface area contributed by atoms with Crippen LogP contribution in [-0.4, -0.2) is 29.2 Å². The van der Waals surface area contributed by atoms with Crippen LogP contribution in [0.3, 0.4) is 0 Å². The highest BCUT2D eigenvalue weighted by Crippen LogP contribution is 2.12. The predicted molar refractivity (Wildman–Crippen MR) is 75.5 cm³/mol. The smallest absolute Gasteiger partial charge is 0.303 e. The Labute approximate surface area is 113 Å². The largest absolute Gasteiger partial charge is 0.493 e. The molecule has 0 bridgehead atoms. The van der Waals surface area contributed by atoms with Gasteiger partial charge in [-0.3, -0.25) is 4.79 Å². The van der Waals surface area contributed by atoms with Gasteiger partial charge in [-0.2, -0.15) is 11.8 Å². The molecule has 0 fully saturated rings. The summed E-state index contributed by atoms with van der Waals surface area (Å²) in [5, 5.41) is 8.47. The van der Waals surface area contributed by atoms with E-state index in [0.717, 1.165) is 30.1 Å². The average Bonchev–Trinajstić information content (AvgIpc) is 2.34. The van der Waals surface area contributed by atoms with Gasteiger partial charge in [0.2, 0.25) is 0 Å². The zero-order chi connectivity index (χ0) is 13.2. The number of carboxylic acid groups (broad SMARTS) is 1. The van der Waals surface area contributed by atoms with Gasteiger partial charge in [-0.05, 0) is 37.7 Å². The van der Waals surface area contributed by atoms with Crippen molar-refractivity contribution in [1.82, 2.24) is 0 Å². The van der Waals surface area contributed by atoms with E-state index in [0.29, 0.717) is 6.61 Å².